The lowest BCUT2D eigenvalue weighted by Gasteiger charge is -2.30. The summed E-state index contributed by atoms with van der Waals surface area (Å²) in [5.41, 5.74) is 2.41. The predicted octanol–water partition coefficient (Wildman–Crippen LogP) is 3.98. The van der Waals surface area contributed by atoms with E-state index in [-0.39, 0.29) is 24.2 Å². The van der Waals surface area contributed by atoms with Crippen LogP contribution in [0.2, 0.25) is 0 Å². The van der Waals surface area contributed by atoms with Crippen LogP contribution in [0.15, 0.2) is 22.6 Å². The van der Waals surface area contributed by atoms with Crippen LogP contribution in [-0.4, -0.2) is 49.7 Å². The van der Waals surface area contributed by atoms with Crippen molar-refractivity contribution >= 4 is 16.9 Å². The first kappa shape index (κ1) is 22.5. The van der Waals surface area contributed by atoms with Crippen molar-refractivity contribution in [2.45, 2.75) is 77.5 Å². The minimum atomic E-state index is -0.921. The van der Waals surface area contributed by atoms with E-state index >= 15 is 0 Å². The fraction of sp³-hybridized carbons (Fsp3) is 0.542. The molecule has 2 heterocycles. The highest BCUT2D eigenvalue weighted by Gasteiger charge is 2.29. The maximum Gasteiger partial charge on any atom is 0.316 e. The third-order valence-electron chi connectivity index (χ3n) is 5.58. The van der Waals surface area contributed by atoms with Gasteiger partial charge < -0.3 is 24.7 Å². The number of hydrogen-bond donors (Lipinski definition) is 3. The molecule has 1 fully saturated rings. The number of benzene rings is 1. The molecule has 1 saturated carbocycles. The molecule has 0 bridgehead atoms. The van der Waals surface area contributed by atoms with Crippen molar-refractivity contribution < 1.29 is 19.4 Å². The van der Waals surface area contributed by atoms with E-state index in [0.717, 1.165) is 22.0 Å². The monoisotopic (exact) mass is 440 g/mol. The number of aromatic nitrogens is 3. The van der Waals surface area contributed by atoms with Gasteiger partial charge >= 0.3 is 6.01 Å². The number of ether oxygens (including phenoxy) is 1. The van der Waals surface area contributed by atoms with Crippen LogP contribution >= 0.6 is 0 Å². The van der Waals surface area contributed by atoms with Gasteiger partial charge in [0, 0.05) is 11.4 Å². The highest BCUT2D eigenvalue weighted by atomic mass is 16.5. The van der Waals surface area contributed by atoms with E-state index in [2.05, 4.69) is 36.3 Å². The normalized spacial score (nSPS) is 19.1. The van der Waals surface area contributed by atoms with Crippen LogP contribution in [0.1, 0.15) is 58.6 Å². The molecule has 1 aromatic carbocycles. The summed E-state index contributed by atoms with van der Waals surface area (Å²) in [6.07, 6.45) is 1.10. The third kappa shape index (κ3) is 4.86. The van der Waals surface area contributed by atoms with Crippen molar-refractivity contribution in [2.75, 3.05) is 11.9 Å². The Hall–Kier alpha value is -2.71. The molecule has 3 aromatic rings. The number of rotatable bonds is 6. The molecule has 1 aliphatic rings. The molecule has 2 aromatic heterocycles. The molecular formula is C24H32N4O4. The molecule has 0 atom stereocenters. The minimum Gasteiger partial charge on any atom is -0.491 e. The summed E-state index contributed by atoms with van der Waals surface area (Å²) in [6.45, 7) is 12.1. The van der Waals surface area contributed by atoms with Gasteiger partial charge in [0.05, 0.1) is 17.2 Å². The molecule has 0 saturated heterocycles. The molecule has 172 valence electrons. The molecule has 3 N–H and O–H groups in total. The van der Waals surface area contributed by atoms with Gasteiger partial charge in [-0.3, -0.25) is 0 Å². The zero-order valence-corrected chi connectivity index (χ0v) is 19.6. The second-order valence-electron chi connectivity index (χ2n) is 10.4. The van der Waals surface area contributed by atoms with E-state index in [9.17, 15) is 10.2 Å². The van der Waals surface area contributed by atoms with Gasteiger partial charge in [-0.25, -0.2) is 4.98 Å². The minimum absolute atomic E-state index is 0.152. The summed E-state index contributed by atoms with van der Waals surface area (Å²) < 4.78 is 11.7. The van der Waals surface area contributed by atoms with Gasteiger partial charge in [0.25, 0.3) is 5.89 Å². The molecule has 4 rings (SSSR count). The zero-order chi connectivity index (χ0) is 23.3. The predicted molar refractivity (Wildman–Crippen MR) is 123 cm³/mol. The van der Waals surface area contributed by atoms with Crippen molar-refractivity contribution in [3.05, 3.63) is 29.3 Å². The number of pyridine rings is 1. The lowest BCUT2D eigenvalue weighted by molar-refractivity contribution is 0.0285. The smallest absolute Gasteiger partial charge is 0.316 e. The van der Waals surface area contributed by atoms with Crippen LogP contribution in [0.3, 0.4) is 0 Å². The number of nitrogens with one attached hydrogen (secondary N) is 1. The summed E-state index contributed by atoms with van der Waals surface area (Å²) >= 11 is 0. The number of hydrogen-bond acceptors (Lipinski definition) is 8. The van der Waals surface area contributed by atoms with Gasteiger partial charge in [-0.05, 0) is 68.4 Å². The molecule has 8 heteroatoms. The van der Waals surface area contributed by atoms with Gasteiger partial charge in [0.1, 0.15) is 18.1 Å². The average Bonchev–Trinajstić information content (AvgIpc) is 3.12. The van der Waals surface area contributed by atoms with Gasteiger partial charge in [-0.2, -0.15) is 0 Å². The van der Waals surface area contributed by atoms with Crippen molar-refractivity contribution in [2.24, 2.45) is 0 Å². The number of aryl methyl sites for hydroxylation is 1. The Morgan fingerprint density at radius 2 is 1.84 bits per heavy atom. The molecule has 0 aliphatic heterocycles. The SMILES string of the molecule is Cc1cc(-c2nnc(NC3CC(O)C3)o2)nc2c(C(C)(C)C)cc(OCC(C)(C)O)cc12. The Labute approximate surface area is 188 Å². The summed E-state index contributed by atoms with van der Waals surface area (Å²) in [5.74, 6) is 1.05. The van der Waals surface area contributed by atoms with E-state index in [1.165, 1.54) is 0 Å². The molecule has 8 nitrogen and oxygen atoms in total. The Bertz CT molecular complexity index is 1120. The second kappa shape index (κ2) is 8.01. The number of nitrogens with zero attached hydrogens (tertiary/aromatic N) is 3. The van der Waals surface area contributed by atoms with Gasteiger partial charge in [-0.1, -0.05) is 25.9 Å². The number of anilines is 1. The number of aliphatic hydroxyl groups is 2. The van der Waals surface area contributed by atoms with Crippen LogP contribution in [0.5, 0.6) is 5.75 Å². The molecule has 0 unspecified atom stereocenters. The van der Waals surface area contributed by atoms with E-state index in [0.29, 0.717) is 36.2 Å². The highest BCUT2D eigenvalue weighted by Crippen LogP contribution is 2.36. The van der Waals surface area contributed by atoms with Gasteiger partial charge in [-0.15, -0.1) is 5.10 Å². The number of aliphatic hydroxyl groups excluding tert-OH is 1. The van der Waals surface area contributed by atoms with E-state index in [1.807, 2.05) is 25.1 Å². The Kier molecular flexibility index (Phi) is 5.63. The maximum absolute atomic E-state index is 10.0. The zero-order valence-electron chi connectivity index (χ0n) is 19.6. The van der Waals surface area contributed by atoms with E-state index < -0.39 is 5.60 Å². The van der Waals surface area contributed by atoms with Crippen molar-refractivity contribution in [1.82, 2.24) is 15.2 Å². The standard InChI is InChI=1S/C24H32N4O4/c1-13-7-19(21-27-28-22(32-21)25-14-8-15(29)9-14)26-20-17(13)10-16(31-12-24(5,6)30)11-18(20)23(2,3)4/h7,10-11,14-15,29-30H,8-9,12H2,1-6H3,(H,25,28). The van der Waals surface area contributed by atoms with Gasteiger partial charge in [0.2, 0.25) is 0 Å². The Morgan fingerprint density at radius 1 is 1.12 bits per heavy atom. The molecule has 32 heavy (non-hydrogen) atoms. The lowest BCUT2D eigenvalue weighted by Crippen LogP contribution is -2.39. The molecule has 0 amide bonds. The summed E-state index contributed by atoms with van der Waals surface area (Å²) in [4.78, 5) is 4.89. The van der Waals surface area contributed by atoms with Crippen molar-refractivity contribution in [3.63, 3.8) is 0 Å². The summed E-state index contributed by atoms with van der Waals surface area (Å²) in [7, 11) is 0. The van der Waals surface area contributed by atoms with Crippen LogP contribution < -0.4 is 10.1 Å². The Morgan fingerprint density at radius 3 is 2.47 bits per heavy atom. The van der Waals surface area contributed by atoms with E-state index in [4.69, 9.17) is 14.1 Å². The van der Waals surface area contributed by atoms with Crippen molar-refractivity contribution in [3.8, 4) is 17.3 Å². The largest absolute Gasteiger partial charge is 0.491 e. The second-order valence-corrected chi connectivity index (χ2v) is 10.4. The van der Waals surface area contributed by atoms with Crippen LogP contribution in [0.25, 0.3) is 22.5 Å². The van der Waals surface area contributed by atoms with Crippen molar-refractivity contribution in [1.29, 1.82) is 0 Å². The first-order valence-electron chi connectivity index (χ1n) is 11.0. The molecule has 0 radical (unpaired) electrons. The van der Waals surface area contributed by atoms with Gasteiger partial charge in [0.15, 0.2) is 0 Å². The Balaban J connectivity index is 1.71. The fourth-order valence-corrected chi connectivity index (χ4v) is 3.75. The highest BCUT2D eigenvalue weighted by molar-refractivity contribution is 5.89. The molecule has 1 aliphatic carbocycles. The first-order valence-corrected chi connectivity index (χ1v) is 11.0. The van der Waals surface area contributed by atoms with E-state index in [1.54, 1.807) is 13.8 Å². The topological polar surface area (TPSA) is 114 Å². The first-order chi connectivity index (χ1) is 14.9. The average molecular weight is 441 g/mol. The summed E-state index contributed by atoms with van der Waals surface area (Å²) in [5, 5.41) is 31.9. The third-order valence-corrected chi connectivity index (χ3v) is 5.58. The molecule has 0 spiro atoms. The maximum atomic E-state index is 10.0. The van der Waals surface area contributed by atoms with Crippen LogP contribution in [-0.2, 0) is 5.41 Å². The fourth-order valence-electron chi connectivity index (χ4n) is 3.75. The lowest BCUT2D eigenvalue weighted by atomic mass is 9.84. The summed E-state index contributed by atoms with van der Waals surface area (Å²) in [6, 6.07) is 6.37. The van der Waals surface area contributed by atoms with Crippen LogP contribution in [0.4, 0.5) is 6.01 Å². The number of fused-ring (bicyclic) bond motifs is 1. The quantitative estimate of drug-likeness (QED) is 0.528. The van der Waals surface area contributed by atoms with Crippen LogP contribution in [0, 0.1) is 6.92 Å². The molecular weight excluding hydrogens is 408 g/mol.